The molecule has 2 saturated carbocycles. The van der Waals surface area contributed by atoms with Gasteiger partial charge in [-0.3, -0.25) is 9.59 Å². The van der Waals surface area contributed by atoms with E-state index in [0.29, 0.717) is 0 Å². The Morgan fingerprint density at radius 3 is 2.29 bits per heavy atom. The number of fused-ring (bicyclic) bond motifs is 5. The maximum absolute atomic E-state index is 12.3. The van der Waals surface area contributed by atoms with Gasteiger partial charge in [0.1, 0.15) is 6.61 Å². The fraction of sp³-hybridized carbons (Fsp3) is 0.370. The Hall–Kier alpha value is -3.61. The van der Waals surface area contributed by atoms with Crippen molar-refractivity contribution in [2.75, 3.05) is 13.2 Å². The fourth-order valence-electron chi connectivity index (χ4n) is 6.02. The standard InChI is InChI=1S/C27H28N2O5/c30-23(29-25-17-12-11-16(14-17)24(25)26(31)32)10-5-13-28-27(33)34-15-22-20-8-3-1-6-18(20)19-7-2-4-9-21(19)22/h1-10,16-17,22,24-25H,11-15H2,(H,28,33)(H,29,30)(H,31,32)/b10-5+. The number of ether oxygens (including phenoxy) is 1. The van der Waals surface area contributed by atoms with Crippen molar-refractivity contribution in [2.45, 2.75) is 31.2 Å². The Morgan fingerprint density at radius 2 is 1.62 bits per heavy atom. The van der Waals surface area contributed by atoms with Gasteiger partial charge in [-0.25, -0.2) is 4.79 Å². The smallest absolute Gasteiger partial charge is 0.407 e. The van der Waals surface area contributed by atoms with E-state index < -0.39 is 18.0 Å². The van der Waals surface area contributed by atoms with E-state index in [9.17, 15) is 19.5 Å². The maximum atomic E-state index is 12.3. The van der Waals surface area contributed by atoms with Crippen molar-refractivity contribution < 1.29 is 24.2 Å². The molecular weight excluding hydrogens is 432 g/mol. The molecule has 2 aromatic rings. The summed E-state index contributed by atoms with van der Waals surface area (Å²) in [6, 6.07) is 16.0. The zero-order chi connectivity index (χ0) is 23.7. The Morgan fingerprint density at radius 1 is 0.971 bits per heavy atom. The molecule has 176 valence electrons. The van der Waals surface area contributed by atoms with Crippen LogP contribution in [0.2, 0.25) is 0 Å². The van der Waals surface area contributed by atoms with E-state index in [0.717, 1.165) is 30.4 Å². The summed E-state index contributed by atoms with van der Waals surface area (Å²) in [5.41, 5.74) is 4.63. The number of amides is 2. The summed E-state index contributed by atoms with van der Waals surface area (Å²) in [7, 11) is 0. The van der Waals surface area contributed by atoms with Gasteiger partial charge in [0.15, 0.2) is 0 Å². The summed E-state index contributed by atoms with van der Waals surface area (Å²) < 4.78 is 5.48. The zero-order valence-electron chi connectivity index (χ0n) is 18.8. The predicted molar refractivity (Wildman–Crippen MR) is 126 cm³/mol. The van der Waals surface area contributed by atoms with Crippen LogP contribution in [-0.4, -0.2) is 42.3 Å². The summed E-state index contributed by atoms with van der Waals surface area (Å²) in [5.74, 6) is -1.29. The minimum absolute atomic E-state index is 0.0107. The molecule has 0 aliphatic heterocycles. The van der Waals surface area contributed by atoms with Gasteiger partial charge in [-0.2, -0.15) is 0 Å². The van der Waals surface area contributed by atoms with Gasteiger partial charge < -0.3 is 20.5 Å². The lowest BCUT2D eigenvalue weighted by molar-refractivity contribution is -0.144. The Kier molecular flexibility index (Phi) is 6.09. The van der Waals surface area contributed by atoms with E-state index >= 15 is 0 Å². The van der Waals surface area contributed by atoms with Gasteiger partial charge in [-0.15, -0.1) is 0 Å². The summed E-state index contributed by atoms with van der Waals surface area (Å²) in [5, 5.41) is 15.0. The van der Waals surface area contributed by atoms with Crippen LogP contribution >= 0.6 is 0 Å². The average Bonchev–Trinajstić information content (AvgIpc) is 3.52. The van der Waals surface area contributed by atoms with E-state index in [2.05, 4.69) is 34.9 Å². The highest BCUT2D eigenvalue weighted by molar-refractivity contribution is 5.88. The number of benzene rings is 2. The molecule has 34 heavy (non-hydrogen) atoms. The molecule has 3 N–H and O–H groups in total. The molecule has 0 radical (unpaired) electrons. The second-order valence-electron chi connectivity index (χ2n) is 9.34. The number of alkyl carbamates (subject to hydrolysis) is 1. The Labute approximate surface area is 198 Å². The number of rotatable bonds is 7. The summed E-state index contributed by atoms with van der Waals surface area (Å²) >= 11 is 0. The first-order valence-electron chi connectivity index (χ1n) is 11.8. The van der Waals surface area contributed by atoms with Gasteiger partial charge in [0.25, 0.3) is 0 Å². The number of hydrogen-bond donors (Lipinski definition) is 3. The summed E-state index contributed by atoms with van der Waals surface area (Å²) in [6.07, 6.45) is 5.09. The van der Waals surface area contributed by atoms with Crippen LogP contribution in [0.15, 0.2) is 60.7 Å². The average molecular weight is 461 g/mol. The molecule has 0 spiro atoms. The van der Waals surface area contributed by atoms with Crippen molar-refractivity contribution >= 4 is 18.0 Å². The van der Waals surface area contributed by atoms with Gasteiger partial charge in [-0.05, 0) is 53.4 Å². The summed E-state index contributed by atoms with van der Waals surface area (Å²) in [4.78, 5) is 36.1. The van der Waals surface area contributed by atoms with Crippen molar-refractivity contribution in [3.05, 3.63) is 71.8 Å². The lowest BCUT2D eigenvalue weighted by Gasteiger charge is -2.28. The molecule has 2 bridgehead atoms. The zero-order valence-corrected chi connectivity index (χ0v) is 18.8. The second kappa shape index (κ2) is 9.33. The van der Waals surface area contributed by atoms with Gasteiger partial charge in [-0.1, -0.05) is 54.6 Å². The molecule has 0 heterocycles. The third-order valence-electron chi connectivity index (χ3n) is 7.49. The molecule has 7 nitrogen and oxygen atoms in total. The normalized spacial score (nSPS) is 24.6. The minimum Gasteiger partial charge on any atom is -0.481 e. The van der Waals surface area contributed by atoms with Crippen LogP contribution in [0.4, 0.5) is 4.79 Å². The number of carbonyl (C=O) groups is 3. The summed E-state index contributed by atoms with van der Waals surface area (Å²) in [6.45, 7) is 0.369. The van der Waals surface area contributed by atoms with E-state index in [1.165, 1.54) is 17.2 Å². The molecular formula is C27H28N2O5. The molecule has 0 saturated heterocycles. The highest BCUT2D eigenvalue weighted by Gasteiger charge is 2.51. The molecule has 2 aromatic carbocycles. The molecule has 5 rings (SSSR count). The van der Waals surface area contributed by atoms with Crippen LogP contribution in [-0.2, 0) is 14.3 Å². The van der Waals surface area contributed by atoms with Gasteiger partial charge in [0, 0.05) is 24.6 Å². The molecule has 7 heteroatoms. The fourth-order valence-corrected chi connectivity index (χ4v) is 6.02. The van der Waals surface area contributed by atoms with Crippen LogP contribution in [0.25, 0.3) is 11.1 Å². The molecule has 3 aliphatic carbocycles. The predicted octanol–water partition coefficient (Wildman–Crippen LogP) is 3.70. The molecule has 4 atom stereocenters. The number of hydrogen-bond acceptors (Lipinski definition) is 4. The third-order valence-corrected chi connectivity index (χ3v) is 7.49. The van der Waals surface area contributed by atoms with Crippen molar-refractivity contribution in [3.8, 4) is 11.1 Å². The van der Waals surface area contributed by atoms with Crippen molar-refractivity contribution in [1.29, 1.82) is 0 Å². The van der Waals surface area contributed by atoms with Crippen molar-refractivity contribution in [1.82, 2.24) is 10.6 Å². The van der Waals surface area contributed by atoms with E-state index in [1.54, 1.807) is 6.08 Å². The van der Waals surface area contributed by atoms with E-state index in [1.807, 2.05) is 24.3 Å². The van der Waals surface area contributed by atoms with Crippen molar-refractivity contribution in [3.63, 3.8) is 0 Å². The first kappa shape index (κ1) is 22.2. The Bertz CT molecular complexity index is 1100. The lowest BCUT2D eigenvalue weighted by atomic mass is 9.84. The lowest BCUT2D eigenvalue weighted by Crippen LogP contribution is -2.46. The SMILES string of the molecule is O=C(/C=C/CNC(=O)OCC1c2ccccc2-c2ccccc21)NC1C2CCC(C2)C1C(=O)O. The van der Waals surface area contributed by atoms with Gasteiger partial charge in [0.2, 0.25) is 5.91 Å². The van der Waals surface area contributed by atoms with Crippen LogP contribution < -0.4 is 10.6 Å². The largest absolute Gasteiger partial charge is 0.481 e. The number of carboxylic acid groups (broad SMARTS) is 1. The highest BCUT2D eigenvalue weighted by atomic mass is 16.5. The van der Waals surface area contributed by atoms with Crippen molar-refractivity contribution in [2.24, 2.45) is 17.8 Å². The topological polar surface area (TPSA) is 105 Å². The van der Waals surface area contributed by atoms with Gasteiger partial charge >= 0.3 is 12.1 Å². The molecule has 2 fully saturated rings. The number of carboxylic acids is 1. The minimum atomic E-state index is -0.835. The molecule has 2 amide bonds. The Balaban J connectivity index is 1.09. The van der Waals surface area contributed by atoms with Crippen LogP contribution in [0.5, 0.6) is 0 Å². The van der Waals surface area contributed by atoms with Gasteiger partial charge in [0.05, 0.1) is 5.92 Å². The molecule has 3 aliphatic rings. The molecule has 4 unspecified atom stereocenters. The maximum Gasteiger partial charge on any atom is 0.407 e. The number of nitrogens with one attached hydrogen (secondary N) is 2. The van der Waals surface area contributed by atoms with Crippen LogP contribution in [0.1, 0.15) is 36.3 Å². The third kappa shape index (κ3) is 4.18. The van der Waals surface area contributed by atoms with Crippen LogP contribution in [0.3, 0.4) is 0 Å². The first-order valence-corrected chi connectivity index (χ1v) is 11.8. The van der Waals surface area contributed by atoms with Crippen LogP contribution in [0, 0.1) is 17.8 Å². The second-order valence-corrected chi connectivity index (χ2v) is 9.34. The highest BCUT2D eigenvalue weighted by Crippen LogP contribution is 2.48. The monoisotopic (exact) mass is 460 g/mol. The quantitative estimate of drug-likeness (QED) is 0.547. The number of aliphatic carboxylic acids is 1. The first-order chi connectivity index (χ1) is 16.5. The van der Waals surface area contributed by atoms with E-state index in [-0.39, 0.29) is 42.9 Å². The number of carbonyl (C=O) groups excluding carboxylic acids is 2. The molecule has 0 aromatic heterocycles. The van der Waals surface area contributed by atoms with E-state index in [4.69, 9.17) is 4.74 Å².